The summed E-state index contributed by atoms with van der Waals surface area (Å²) in [4.78, 5) is 0. The van der Waals surface area contributed by atoms with Crippen molar-refractivity contribution >= 4 is 6.21 Å². The second kappa shape index (κ2) is 11.3. The first-order valence-electron chi connectivity index (χ1n) is 10.2. The Hall–Kier alpha value is -2.59. The average Bonchev–Trinajstić information content (AvgIpc) is 2.75. The molecule has 0 bridgehead atoms. The standard InChI is InChI=1S/C22H27N3O.C2H6/c1-16-4-2-3-5-20(16)18-8-6-17(7-9-18)14-22(23)21(15-25-26)19-10-12-24-13-11-19;1-2/h2-9,15,19,24,26H,10-14,23H2,1H3;1-2H3/b22-21+,25-15+;. The summed E-state index contributed by atoms with van der Waals surface area (Å²) in [5.41, 5.74) is 13.1. The normalized spacial score (nSPS) is 15.7. The molecule has 28 heavy (non-hydrogen) atoms. The molecular weight excluding hydrogens is 346 g/mol. The Morgan fingerprint density at radius 2 is 1.75 bits per heavy atom. The monoisotopic (exact) mass is 379 g/mol. The molecule has 1 heterocycles. The zero-order valence-electron chi connectivity index (χ0n) is 17.3. The third-order valence-electron chi connectivity index (χ3n) is 5.15. The van der Waals surface area contributed by atoms with Gasteiger partial charge >= 0.3 is 0 Å². The lowest BCUT2D eigenvalue weighted by atomic mass is 9.88. The first-order chi connectivity index (χ1) is 13.7. The van der Waals surface area contributed by atoms with Gasteiger partial charge in [0.15, 0.2) is 0 Å². The van der Waals surface area contributed by atoms with Gasteiger partial charge in [0.2, 0.25) is 0 Å². The molecule has 0 amide bonds. The molecule has 0 atom stereocenters. The summed E-state index contributed by atoms with van der Waals surface area (Å²) in [5.74, 6) is 0.360. The molecule has 4 heteroatoms. The van der Waals surface area contributed by atoms with Gasteiger partial charge in [-0.1, -0.05) is 67.5 Å². The molecule has 0 aromatic heterocycles. The Balaban J connectivity index is 0.00000136. The summed E-state index contributed by atoms with van der Waals surface area (Å²) >= 11 is 0. The van der Waals surface area contributed by atoms with Gasteiger partial charge < -0.3 is 16.3 Å². The van der Waals surface area contributed by atoms with Gasteiger partial charge in [-0.25, -0.2) is 0 Å². The van der Waals surface area contributed by atoms with Crippen molar-refractivity contribution in [3.8, 4) is 11.1 Å². The van der Waals surface area contributed by atoms with Crippen LogP contribution in [-0.4, -0.2) is 24.5 Å². The van der Waals surface area contributed by atoms with Gasteiger partial charge in [0, 0.05) is 12.1 Å². The Morgan fingerprint density at radius 3 is 2.36 bits per heavy atom. The molecule has 2 aromatic carbocycles. The maximum atomic E-state index is 9.03. The highest BCUT2D eigenvalue weighted by Crippen LogP contribution is 2.25. The van der Waals surface area contributed by atoms with Gasteiger partial charge in [-0.2, -0.15) is 0 Å². The van der Waals surface area contributed by atoms with Crippen LogP contribution in [0, 0.1) is 12.8 Å². The van der Waals surface area contributed by atoms with E-state index < -0.39 is 0 Å². The zero-order chi connectivity index (χ0) is 20.4. The van der Waals surface area contributed by atoms with Gasteiger partial charge in [-0.3, -0.25) is 0 Å². The van der Waals surface area contributed by atoms with Crippen molar-refractivity contribution in [2.45, 2.75) is 40.0 Å². The molecular formula is C24H33N3O. The number of allylic oxidation sites excluding steroid dienone is 2. The van der Waals surface area contributed by atoms with E-state index in [1.54, 1.807) is 0 Å². The van der Waals surface area contributed by atoms with E-state index in [0.717, 1.165) is 42.8 Å². The second-order valence-corrected chi connectivity index (χ2v) is 6.94. The van der Waals surface area contributed by atoms with E-state index in [2.05, 4.69) is 65.9 Å². The van der Waals surface area contributed by atoms with Gasteiger partial charge in [-0.15, -0.1) is 0 Å². The van der Waals surface area contributed by atoms with Crippen molar-refractivity contribution in [3.05, 3.63) is 70.9 Å². The van der Waals surface area contributed by atoms with Crippen LogP contribution >= 0.6 is 0 Å². The topological polar surface area (TPSA) is 70.6 Å². The molecule has 0 saturated carbocycles. The van der Waals surface area contributed by atoms with Crippen molar-refractivity contribution in [2.75, 3.05) is 13.1 Å². The van der Waals surface area contributed by atoms with E-state index in [1.165, 1.54) is 22.9 Å². The minimum absolute atomic E-state index is 0.360. The first-order valence-corrected chi connectivity index (χ1v) is 10.2. The summed E-state index contributed by atoms with van der Waals surface area (Å²) in [6, 6.07) is 17.0. The number of hydrogen-bond donors (Lipinski definition) is 3. The van der Waals surface area contributed by atoms with Crippen LogP contribution in [0.3, 0.4) is 0 Å². The quantitative estimate of drug-likeness (QED) is 0.393. The fraction of sp³-hybridized carbons (Fsp3) is 0.375. The number of rotatable bonds is 5. The third-order valence-corrected chi connectivity index (χ3v) is 5.15. The lowest BCUT2D eigenvalue weighted by Gasteiger charge is -2.24. The zero-order valence-corrected chi connectivity index (χ0v) is 17.3. The number of oxime groups is 1. The fourth-order valence-corrected chi connectivity index (χ4v) is 3.67. The number of nitrogens with zero attached hydrogens (tertiary/aromatic N) is 1. The predicted octanol–water partition coefficient (Wildman–Crippen LogP) is 4.90. The molecule has 4 N–H and O–H groups in total. The van der Waals surface area contributed by atoms with Crippen molar-refractivity contribution < 1.29 is 5.21 Å². The fourth-order valence-electron chi connectivity index (χ4n) is 3.67. The molecule has 3 rings (SSSR count). The van der Waals surface area contributed by atoms with Gasteiger partial charge in [-0.05, 0) is 66.6 Å². The van der Waals surface area contributed by atoms with Crippen molar-refractivity contribution in [1.82, 2.24) is 5.32 Å². The summed E-state index contributed by atoms with van der Waals surface area (Å²) in [7, 11) is 0. The number of nitrogens with two attached hydrogens (primary N) is 1. The number of nitrogens with one attached hydrogen (secondary N) is 1. The summed E-state index contributed by atoms with van der Waals surface area (Å²) in [6.45, 7) is 8.08. The van der Waals surface area contributed by atoms with Crippen molar-refractivity contribution in [2.24, 2.45) is 16.8 Å². The van der Waals surface area contributed by atoms with Crippen LogP contribution in [0.1, 0.15) is 37.8 Å². The highest BCUT2D eigenvalue weighted by molar-refractivity contribution is 5.80. The Kier molecular flexibility index (Phi) is 8.76. The molecule has 1 fully saturated rings. The largest absolute Gasteiger partial charge is 0.411 e. The smallest absolute Gasteiger partial charge is 0.0713 e. The van der Waals surface area contributed by atoms with Crippen LogP contribution in [0.4, 0.5) is 0 Å². The summed E-state index contributed by atoms with van der Waals surface area (Å²) < 4.78 is 0. The molecule has 0 unspecified atom stereocenters. The van der Waals surface area contributed by atoms with Crippen LogP contribution in [-0.2, 0) is 6.42 Å². The number of hydrogen-bond acceptors (Lipinski definition) is 4. The minimum Gasteiger partial charge on any atom is -0.411 e. The molecule has 0 radical (unpaired) electrons. The molecule has 1 aliphatic rings. The lowest BCUT2D eigenvalue weighted by molar-refractivity contribution is 0.320. The van der Waals surface area contributed by atoms with Gasteiger partial charge in [0.05, 0.1) is 6.21 Å². The molecule has 150 valence electrons. The van der Waals surface area contributed by atoms with E-state index >= 15 is 0 Å². The highest BCUT2D eigenvalue weighted by Gasteiger charge is 2.19. The van der Waals surface area contributed by atoms with E-state index in [0.29, 0.717) is 12.3 Å². The third kappa shape index (κ3) is 5.70. The van der Waals surface area contributed by atoms with E-state index in [-0.39, 0.29) is 0 Å². The molecule has 1 saturated heterocycles. The minimum atomic E-state index is 0.360. The van der Waals surface area contributed by atoms with Crippen LogP contribution in [0.25, 0.3) is 11.1 Å². The Bertz CT molecular complexity index is 788. The van der Waals surface area contributed by atoms with Crippen LogP contribution in [0.5, 0.6) is 0 Å². The molecule has 2 aromatic rings. The van der Waals surface area contributed by atoms with E-state index in [1.807, 2.05) is 13.8 Å². The van der Waals surface area contributed by atoms with Gasteiger partial charge in [0.1, 0.15) is 0 Å². The average molecular weight is 380 g/mol. The summed E-state index contributed by atoms with van der Waals surface area (Å²) in [5, 5.41) is 15.6. The molecule has 0 spiro atoms. The maximum Gasteiger partial charge on any atom is 0.0713 e. The van der Waals surface area contributed by atoms with Crippen molar-refractivity contribution in [1.29, 1.82) is 0 Å². The molecule has 4 nitrogen and oxygen atoms in total. The predicted molar refractivity (Wildman–Crippen MR) is 119 cm³/mol. The molecule has 0 aliphatic carbocycles. The van der Waals surface area contributed by atoms with E-state index in [4.69, 9.17) is 10.9 Å². The second-order valence-electron chi connectivity index (χ2n) is 6.94. The number of benzene rings is 2. The van der Waals surface area contributed by atoms with Crippen LogP contribution < -0.4 is 11.1 Å². The van der Waals surface area contributed by atoms with Gasteiger partial charge in [0.25, 0.3) is 0 Å². The molecule has 1 aliphatic heterocycles. The SMILES string of the molecule is CC.Cc1ccccc1-c1ccc(C/C(N)=C(/C=N/O)C2CCNCC2)cc1. The lowest BCUT2D eigenvalue weighted by Crippen LogP contribution is -2.30. The van der Waals surface area contributed by atoms with E-state index in [9.17, 15) is 0 Å². The highest BCUT2D eigenvalue weighted by atomic mass is 16.4. The number of piperidine rings is 1. The van der Waals surface area contributed by atoms with Crippen molar-refractivity contribution in [3.63, 3.8) is 0 Å². The Labute approximate surface area is 169 Å². The first kappa shape index (κ1) is 21.7. The summed E-state index contributed by atoms with van der Waals surface area (Å²) in [6.07, 6.45) is 4.23. The Morgan fingerprint density at radius 1 is 1.11 bits per heavy atom. The number of aryl methyl sites for hydroxylation is 1. The van der Waals surface area contributed by atoms with Crippen LogP contribution in [0.15, 0.2) is 65.0 Å². The maximum absolute atomic E-state index is 9.03. The van der Waals surface area contributed by atoms with Crippen LogP contribution in [0.2, 0.25) is 0 Å².